The predicted octanol–water partition coefficient (Wildman–Crippen LogP) is 4.65. The topological polar surface area (TPSA) is 45.8 Å². The van der Waals surface area contributed by atoms with Crippen molar-refractivity contribution in [3.05, 3.63) is 52.9 Å². The number of aromatic amines is 1. The molecule has 4 heteroatoms. The fourth-order valence-corrected chi connectivity index (χ4v) is 3.43. The van der Waals surface area contributed by atoms with Crippen LogP contribution in [0.5, 0.6) is 0 Å². The average Bonchev–Trinajstić information content (AvgIpc) is 3.11. The van der Waals surface area contributed by atoms with Crippen LogP contribution in [0.25, 0.3) is 33.1 Å². The van der Waals surface area contributed by atoms with E-state index in [0.29, 0.717) is 0 Å². The number of rotatable bonds is 2. The number of para-hydroxylation sites is 1. The zero-order chi connectivity index (χ0) is 14.4. The second-order valence-corrected chi connectivity index (χ2v) is 5.92. The number of aromatic nitrogens is 2. The standard InChI is InChI=1S/C17H12N2OS/c1-10(20)15-8-11(9-21-15)16-17-13(6-7-18-16)12-4-2-3-5-14(12)19-17/h2-9,19H,1H3. The fourth-order valence-electron chi connectivity index (χ4n) is 2.64. The third kappa shape index (κ3) is 1.87. The highest BCUT2D eigenvalue weighted by Gasteiger charge is 2.13. The van der Waals surface area contributed by atoms with Gasteiger partial charge in [0.05, 0.1) is 16.1 Å². The molecule has 21 heavy (non-hydrogen) atoms. The molecule has 3 heterocycles. The molecule has 0 bridgehead atoms. The number of benzene rings is 1. The summed E-state index contributed by atoms with van der Waals surface area (Å²) in [6.07, 6.45) is 1.82. The molecule has 0 aliphatic carbocycles. The molecular weight excluding hydrogens is 280 g/mol. The van der Waals surface area contributed by atoms with Crippen molar-refractivity contribution in [1.82, 2.24) is 9.97 Å². The molecular formula is C17H12N2OS. The van der Waals surface area contributed by atoms with E-state index in [1.54, 1.807) is 6.92 Å². The van der Waals surface area contributed by atoms with Gasteiger partial charge >= 0.3 is 0 Å². The van der Waals surface area contributed by atoms with Gasteiger partial charge in [-0.2, -0.15) is 0 Å². The summed E-state index contributed by atoms with van der Waals surface area (Å²) in [4.78, 5) is 20.2. The van der Waals surface area contributed by atoms with Crippen LogP contribution in [0.1, 0.15) is 16.6 Å². The van der Waals surface area contributed by atoms with E-state index < -0.39 is 0 Å². The molecule has 0 amide bonds. The van der Waals surface area contributed by atoms with Gasteiger partial charge in [0.2, 0.25) is 0 Å². The Morgan fingerprint density at radius 2 is 2.05 bits per heavy atom. The summed E-state index contributed by atoms with van der Waals surface area (Å²) in [7, 11) is 0. The first-order valence-electron chi connectivity index (χ1n) is 6.69. The second-order valence-electron chi connectivity index (χ2n) is 5.01. The van der Waals surface area contributed by atoms with Crippen molar-refractivity contribution in [2.45, 2.75) is 6.92 Å². The lowest BCUT2D eigenvalue weighted by molar-refractivity contribution is 0.102. The van der Waals surface area contributed by atoms with Crippen molar-refractivity contribution in [2.24, 2.45) is 0 Å². The molecule has 3 aromatic heterocycles. The average molecular weight is 292 g/mol. The summed E-state index contributed by atoms with van der Waals surface area (Å²) in [6, 6.07) is 12.2. The number of nitrogens with zero attached hydrogens (tertiary/aromatic N) is 1. The summed E-state index contributed by atoms with van der Waals surface area (Å²) in [6.45, 7) is 1.59. The van der Waals surface area contributed by atoms with Crippen LogP contribution in [0.2, 0.25) is 0 Å². The fraction of sp³-hybridized carbons (Fsp3) is 0.0588. The molecule has 3 nitrogen and oxygen atoms in total. The summed E-state index contributed by atoms with van der Waals surface area (Å²) in [5.41, 5.74) is 4.00. The van der Waals surface area contributed by atoms with Gasteiger partial charge in [-0.15, -0.1) is 11.3 Å². The summed E-state index contributed by atoms with van der Waals surface area (Å²) < 4.78 is 0. The van der Waals surface area contributed by atoms with Gasteiger partial charge in [0, 0.05) is 33.4 Å². The lowest BCUT2D eigenvalue weighted by Crippen LogP contribution is -1.86. The molecule has 0 aliphatic heterocycles. The minimum atomic E-state index is 0.0927. The van der Waals surface area contributed by atoms with Crippen LogP contribution in [-0.2, 0) is 0 Å². The van der Waals surface area contributed by atoms with Gasteiger partial charge in [-0.05, 0) is 25.1 Å². The number of carbonyl (C=O) groups excluding carboxylic acids is 1. The van der Waals surface area contributed by atoms with Crippen LogP contribution < -0.4 is 0 Å². The quantitative estimate of drug-likeness (QED) is 0.547. The second kappa shape index (κ2) is 4.53. The van der Waals surface area contributed by atoms with Gasteiger partial charge in [0.25, 0.3) is 0 Å². The van der Waals surface area contributed by atoms with Gasteiger partial charge in [0.15, 0.2) is 5.78 Å². The van der Waals surface area contributed by atoms with Gasteiger partial charge in [-0.3, -0.25) is 9.78 Å². The molecule has 0 spiro atoms. The minimum Gasteiger partial charge on any atom is -0.353 e. The highest BCUT2D eigenvalue weighted by atomic mass is 32.1. The number of carbonyl (C=O) groups is 1. The van der Waals surface area contributed by atoms with Crippen molar-refractivity contribution in [1.29, 1.82) is 0 Å². The number of nitrogens with one attached hydrogen (secondary N) is 1. The van der Waals surface area contributed by atoms with Crippen molar-refractivity contribution in [2.75, 3.05) is 0 Å². The normalized spacial score (nSPS) is 11.3. The van der Waals surface area contributed by atoms with E-state index in [4.69, 9.17) is 0 Å². The maximum Gasteiger partial charge on any atom is 0.169 e. The summed E-state index contributed by atoms with van der Waals surface area (Å²) >= 11 is 1.46. The molecule has 4 rings (SSSR count). The van der Waals surface area contributed by atoms with Gasteiger partial charge in [-0.25, -0.2) is 0 Å². The van der Waals surface area contributed by atoms with Crippen LogP contribution in [-0.4, -0.2) is 15.8 Å². The van der Waals surface area contributed by atoms with Gasteiger partial charge in [-0.1, -0.05) is 18.2 Å². The van der Waals surface area contributed by atoms with Crippen molar-refractivity contribution < 1.29 is 4.79 Å². The molecule has 0 saturated carbocycles. The SMILES string of the molecule is CC(=O)c1cc(-c2nccc3c2[nH]c2ccccc23)cs1. The molecule has 4 aromatic rings. The Morgan fingerprint density at radius 1 is 1.19 bits per heavy atom. The number of Topliss-reactive ketones (excluding diaryl/α,β-unsaturated/α-hetero) is 1. The predicted molar refractivity (Wildman–Crippen MR) is 86.9 cm³/mol. The lowest BCUT2D eigenvalue weighted by Gasteiger charge is -1.99. The van der Waals surface area contributed by atoms with E-state index in [1.807, 2.05) is 35.8 Å². The Morgan fingerprint density at radius 3 is 2.86 bits per heavy atom. The number of hydrogen-bond acceptors (Lipinski definition) is 3. The zero-order valence-corrected chi connectivity index (χ0v) is 12.2. The Hall–Kier alpha value is -2.46. The molecule has 0 aliphatic rings. The number of hydrogen-bond donors (Lipinski definition) is 1. The van der Waals surface area contributed by atoms with Gasteiger partial charge in [0.1, 0.15) is 0 Å². The Bertz CT molecular complexity index is 981. The van der Waals surface area contributed by atoms with E-state index in [1.165, 1.54) is 16.7 Å². The maximum absolute atomic E-state index is 11.5. The number of H-pyrrole nitrogens is 1. The highest BCUT2D eigenvalue weighted by Crippen LogP contribution is 2.33. The third-order valence-corrected chi connectivity index (χ3v) is 4.68. The van der Waals surface area contributed by atoms with Crippen molar-refractivity contribution in [3.63, 3.8) is 0 Å². The highest BCUT2D eigenvalue weighted by molar-refractivity contribution is 7.12. The van der Waals surface area contributed by atoms with Crippen LogP contribution in [0, 0.1) is 0 Å². The first-order valence-corrected chi connectivity index (χ1v) is 7.57. The van der Waals surface area contributed by atoms with E-state index in [2.05, 4.69) is 22.1 Å². The number of fused-ring (bicyclic) bond motifs is 3. The summed E-state index contributed by atoms with van der Waals surface area (Å²) in [5.74, 6) is 0.0927. The van der Waals surface area contributed by atoms with Crippen molar-refractivity contribution >= 4 is 38.9 Å². The van der Waals surface area contributed by atoms with Gasteiger partial charge < -0.3 is 4.98 Å². The van der Waals surface area contributed by atoms with Crippen LogP contribution >= 0.6 is 11.3 Å². The third-order valence-electron chi connectivity index (χ3n) is 3.65. The van der Waals surface area contributed by atoms with E-state index in [0.717, 1.165) is 32.6 Å². The van der Waals surface area contributed by atoms with Crippen LogP contribution in [0.15, 0.2) is 48.0 Å². The van der Waals surface area contributed by atoms with E-state index in [9.17, 15) is 4.79 Å². The zero-order valence-electron chi connectivity index (χ0n) is 11.4. The smallest absolute Gasteiger partial charge is 0.169 e. The minimum absolute atomic E-state index is 0.0927. The van der Waals surface area contributed by atoms with Crippen molar-refractivity contribution in [3.8, 4) is 11.3 Å². The number of pyridine rings is 1. The monoisotopic (exact) mass is 292 g/mol. The molecule has 0 saturated heterocycles. The molecule has 0 unspecified atom stereocenters. The van der Waals surface area contributed by atoms with Crippen LogP contribution in [0.3, 0.4) is 0 Å². The molecule has 102 valence electrons. The molecule has 0 atom stereocenters. The molecule has 0 radical (unpaired) electrons. The molecule has 0 fully saturated rings. The summed E-state index contributed by atoms with van der Waals surface area (Å²) in [5, 5.41) is 4.34. The Balaban J connectivity index is 2.01. The largest absolute Gasteiger partial charge is 0.353 e. The lowest BCUT2D eigenvalue weighted by atomic mass is 10.1. The molecule has 1 N–H and O–H groups in total. The number of ketones is 1. The van der Waals surface area contributed by atoms with Crippen LogP contribution in [0.4, 0.5) is 0 Å². The maximum atomic E-state index is 11.5. The number of thiophene rings is 1. The Kier molecular flexibility index (Phi) is 2.65. The van der Waals surface area contributed by atoms with E-state index in [-0.39, 0.29) is 5.78 Å². The Labute approximate surface area is 125 Å². The van der Waals surface area contributed by atoms with E-state index >= 15 is 0 Å². The first-order chi connectivity index (χ1) is 10.2. The first kappa shape index (κ1) is 12.3. The molecule has 1 aromatic carbocycles.